The fourth-order valence-corrected chi connectivity index (χ4v) is 3.42. The number of ether oxygens (including phenoxy) is 1. The normalized spacial score (nSPS) is 30.7. The zero-order valence-electron chi connectivity index (χ0n) is 10.8. The second-order valence-corrected chi connectivity index (χ2v) is 5.41. The van der Waals surface area contributed by atoms with E-state index in [9.17, 15) is 4.39 Å². The van der Waals surface area contributed by atoms with Crippen LogP contribution in [-0.4, -0.2) is 19.3 Å². The summed E-state index contributed by atoms with van der Waals surface area (Å²) in [7, 11) is 1.79. The molecule has 0 radical (unpaired) electrons. The maximum absolute atomic E-state index is 13.2. The molecule has 1 aromatic rings. The predicted octanol–water partition coefficient (Wildman–Crippen LogP) is 2.97. The molecule has 0 amide bonds. The Labute approximate surface area is 108 Å². The van der Waals surface area contributed by atoms with E-state index in [0.717, 1.165) is 19.3 Å². The van der Waals surface area contributed by atoms with Gasteiger partial charge in [0, 0.05) is 19.2 Å². The molecule has 1 N–H and O–H groups in total. The highest BCUT2D eigenvalue weighted by Gasteiger charge is 2.31. The van der Waals surface area contributed by atoms with Crippen LogP contribution in [0.1, 0.15) is 42.9 Å². The number of hydrogen-bond acceptors (Lipinski definition) is 2. The van der Waals surface area contributed by atoms with Crippen LogP contribution in [0, 0.1) is 5.82 Å². The summed E-state index contributed by atoms with van der Waals surface area (Å²) in [4.78, 5) is 0. The third kappa shape index (κ3) is 2.17. The Hall–Kier alpha value is -0.930. The maximum atomic E-state index is 13.2. The number of methoxy groups -OCH3 is 1. The van der Waals surface area contributed by atoms with Gasteiger partial charge in [-0.15, -0.1) is 0 Å². The van der Waals surface area contributed by atoms with E-state index < -0.39 is 0 Å². The number of aryl methyl sites for hydroxylation is 1. The van der Waals surface area contributed by atoms with Crippen LogP contribution in [0.25, 0.3) is 0 Å². The van der Waals surface area contributed by atoms with Gasteiger partial charge in [0.15, 0.2) is 0 Å². The van der Waals surface area contributed by atoms with Crippen LogP contribution in [0.3, 0.4) is 0 Å². The lowest BCUT2D eigenvalue weighted by molar-refractivity contribution is 0.0812. The van der Waals surface area contributed by atoms with Crippen LogP contribution in [-0.2, 0) is 11.2 Å². The van der Waals surface area contributed by atoms with Crippen LogP contribution >= 0.6 is 0 Å². The zero-order valence-corrected chi connectivity index (χ0v) is 10.8. The molecule has 3 rings (SSSR count). The molecule has 3 atom stereocenters. The summed E-state index contributed by atoms with van der Waals surface area (Å²) in [6, 6.07) is 6.02. The number of hydrogen-bond donors (Lipinski definition) is 1. The summed E-state index contributed by atoms with van der Waals surface area (Å²) in [6.45, 7) is 0. The number of nitrogens with one attached hydrogen (secondary N) is 1. The van der Waals surface area contributed by atoms with Gasteiger partial charge in [-0.1, -0.05) is 6.07 Å². The Bertz CT molecular complexity index is 435. The van der Waals surface area contributed by atoms with E-state index in [0.29, 0.717) is 18.2 Å². The molecule has 0 saturated heterocycles. The van der Waals surface area contributed by atoms with Crippen LogP contribution in [0.2, 0.25) is 0 Å². The monoisotopic (exact) mass is 249 g/mol. The third-order valence-corrected chi connectivity index (χ3v) is 4.35. The molecule has 2 nitrogen and oxygen atoms in total. The standard InChI is InChI=1S/C15H20FNO/c1-18-15-4-2-3-14(15)17-13-8-5-10-9-11(16)6-7-12(10)13/h6-7,9,13-15,17H,2-5,8H2,1H3. The van der Waals surface area contributed by atoms with Crippen molar-refractivity contribution in [3.05, 3.63) is 35.1 Å². The summed E-state index contributed by atoms with van der Waals surface area (Å²) in [6.07, 6.45) is 5.97. The number of fused-ring (bicyclic) bond motifs is 1. The molecule has 2 aliphatic rings. The molecular weight excluding hydrogens is 229 g/mol. The minimum Gasteiger partial charge on any atom is -0.380 e. The van der Waals surface area contributed by atoms with Gasteiger partial charge in [0.2, 0.25) is 0 Å². The molecule has 0 aliphatic heterocycles. The van der Waals surface area contributed by atoms with E-state index >= 15 is 0 Å². The maximum Gasteiger partial charge on any atom is 0.123 e. The van der Waals surface area contributed by atoms with E-state index in [1.807, 2.05) is 6.07 Å². The average molecular weight is 249 g/mol. The SMILES string of the molecule is COC1CCCC1NC1CCc2cc(F)ccc21. The first kappa shape index (κ1) is 12.1. The molecule has 3 heteroatoms. The van der Waals surface area contributed by atoms with Gasteiger partial charge in [-0.3, -0.25) is 0 Å². The lowest BCUT2D eigenvalue weighted by Crippen LogP contribution is -2.38. The van der Waals surface area contributed by atoms with Crippen molar-refractivity contribution >= 4 is 0 Å². The second kappa shape index (κ2) is 4.98. The van der Waals surface area contributed by atoms with Crippen molar-refractivity contribution in [3.8, 4) is 0 Å². The minimum absolute atomic E-state index is 0.120. The van der Waals surface area contributed by atoms with Crippen molar-refractivity contribution in [2.75, 3.05) is 7.11 Å². The van der Waals surface area contributed by atoms with Gasteiger partial charge >= 0.3 is 0 Å². The van der Waals surface area contributed by atoms with Gasteiger partial charge < -0.3 is 10.1 Å². The van der Waals surface area contributed by atoms with Gasteiger partial charge in [-0.25, -0.2) is 4.39 Å². The quantitative estimate of drug-likeness (QED) is 0.889. The summed E-state index contributed by atoms with van der Waals surface area (Å²) in [5.74, 6) is -0.120. The fourth-order valence-electron chi connectivity index (χ4n) is 3.42. The van der Waals surface area contributed by atoms with Crippen LogP contribution in [0.4, 0.5) is 4.39 Å². The van der Waals surface area contributed by atoms with Crippen molar-refractivity contribution in [2.24, 2.45) is 0 Å². The summed E-state index contributed by atoms with van der Waals surface area (Å²) in [5.41, 5.74) is 2.44. The predicted molar refractivity (Wildman–Crippen MR) is 69.0 cm³/mol. The Morgan fingerprint density at radius 2 is 2.17 bits per heavy atom. The van der Waals surface area contributed by atoms with Crippen molar-refractivity contribution < 1.29 is 9.13 Å². The molecule has 0 heterocycles. The molecule has 1 aromatic carbocycles. The molecule has 0 spiro atoms. The molecule has 3 unspecified atom stereocenters. The smallest absolute Gasteiger partial charge is 0.123 e. The minimum atomic E-state index is -0.120. The molecule has 98 valence electrons. The van der Waals surface area contributed by atoms with Gasteiger partial charge in [0.25, 0.3) is 0 Å². The van der Waals surface area contributed by atoms with Crippen molar-refractivity contribution in [1.82, 2.24) is 5.32 Å². The third-order valence-electron chi connectivity index (χ3n) is 4.35. The van der Waals surface area contributed by atoms with E-state index in [1.54, 1.807) is 19.2 Å². The Balaban J connectivity index is 1.73. The lowest BCUT2D eigenvalue weighted by Gasteiger charge is -2.24. The fraction of sp³-hybridized carbons (Fsp3) is 0.600. The number of halogens is 1. The zero-order chi connectivity index (χ0) is 12.5. The van der Waals surface area contributed by atoms with Gasteiger partial charge in [-0.05, 0) is 55.4 Å². The first-order valence-corrected chi connectivity index (χ1v) is 6.85. The van der Waals surface area contributed by atoms with E-state index in [-0.39, 0.29) is 5.82 Å². The van der Waals surface area contributed by atoms with Crippen molar-refractivity contribution in [3.63, 3.8) is 0 Å². The van der Waals surface area contributed by atoms with E-state index in [2.05, 4.69) is 5.32 Å². The van der Waals surface area contributed by atoms with Crippen molar-refractivity contribution in [2.45, 2.75) is 50.3 Å². The molecule has 1 fully saturated rings. The Morgan fingerprint density at radius 3 is 3.00 bits per heavy atom. The molecule has 0 bridgehead atoms. The largest absolute Gasteiger partial charge is 0.380 e. The highest BCUT2D eigenvalue weighted by atomic mass is 19.1. The summed E-state index contributed by atoms with van der Waals surface area (Å²) in [5, 5.41) is 3.71. The topological polar surface area (TPSA) is 21.3 Å². The molecule has 0 aromatic heterocycles. The Morgan fingerprint density at radius 1 is 1.28 bits per heavy atom. The first-order valence-electron chi connectivity index (χ1n) is 6.85. The molecule has 2 aliphatic carbocycles. The summed E-state index contributed by atoms with van der Waals surface area (Å²) >= 11 is 0. The van der Waals surface area contributed by atoms with Crippen LogP contribution in [0.15, 0.2) is 18.2 Å². The Kier molecular flexibility index (Phi) is 3.35. The van der Waals surface area contributed by atoms with Gasteiger partial charge in [0.1, 0.15) is 5.82 Å². The van der Waals surface area contributed by atoms with E-state index in [1.165, 1.54) is 24.0 Å². The highest BCUT2D eigenvalue weighted by molar-refractivity contribution is 5.35. The molecule has 1 saturated carbocycles. The van der Waals surface area contributed by atoms with Gasteiger partial charge in [0.05, 0.1) is 6.10 Å². The van der Waals surface area contributed by atoms with Crippen LogP contribution < -0.4 is 5.32 Å². The summed E-state index contributed by atoms with van der Waals surface area (Å²) < 4.78 is 18.7. The second-order valence-electron chi connectivity index (χ2n) is 5.41. The average Bonchev–Trinajstić information content (AvgIpc) is 2.96. The molecular formula is C15H20FNO. The van der Waals surface area contributed by atoms with Crippen LogP contribution in [0.5, 0.6) is 0 Å². The number of rotatable bonds is 3. The molecule has 18 heavy (non-hydrogen) atoms. The van der Waals surface area contributed by atoms with E-state index in [4.69, 9.17) is 4.74 Å². The number of benzene rings is 1. The first-order chi connectivity index (χ1) is 8.78. The van der Waals surface area contributed by atoms with Crippen molar-refractivity contribution in [1.29, 1.82) is 0 Å². The van der Waals surface area contributed by atoms with Gasteiger partial charge in [-0.2, -0.15) is 0 Å². The lowest BCUT2D eigenvalue weighted by atomic mass is 10.1. The highest BCUT2D eigenvalue weighted by Crippen LogP contribution is 2.34.